The summed E-state index contributed by atoms with van der Waals surface area (Å²) < 4.78 is 0. The van der Waals surface area contributed by atoms with Crippen LogP contribution < -0.4 is 0 Å². The van der Waals surface area contributed by atoms with Gasteiger partial charge in [0.05, 0.1) is 0 Å². The summed E-state index contributed by atoms with van der Waals surface area (Å²) in [4.78, 5) is 3.82. The lowest BCUT2D eigenvalue weighted by Crippen LogP contribution is -1.65. The van der Waals surface area contributed by atoms with Crippen molar-refractivity contribution in [1.29, 1.82) is 0 Å². The van der Waals surface area contributed by atoms with Crippen LogP contribution in [0.4, 0.5) is 0 Å². The molecule has 11 heavy (non-hydrogen) atoms. The second-order valence-corrected chi connectivity index (χ2v) is 2.36. The predicted molar refractivity (Wildman–Crippen MR) is 52.2 cm³/mol. The third kappa shape index (κ3) is 9.15. The minimum atomic E-state index is 1.18. The first-order valence-corrected chi connectivity index (χ1v) is 4.15. The van der Waals surface area contributed by atoms with Crippen LogP contribution in [0.3, 0.4) is 0 Å². The Morgan fingerprint density at radius 1 is 1.18 bits per heavy atom. The maximum absolute atomic E-state index is 3.82. The average Bonchev–Trinajstić information content (AvgIpc) is 2.03. The molecule has 0 bridgehead atoms. The quantitative estimate of drug-likeness (QED) is 0.325. The fourth-order valence-corrected chi connectivity index (χ4v) is 0.697. The third-order valence-electron chi connectivity index (χ3n) is 1.32. The molecule has 0 amide bonds. The Morgan fingerprint density at radius 3 is 2.64 bits per heavy atom. The molecule has 0 rings (SSSR count). The molecule has 0 aromatic carbocycles. The molecule has 62 valence electrons. The average molecular weight is 151 g/mol. The SMILES string of the molecule is CCCCC=CC=CC=NC. The Balaban J connectivity index is 3.28. The number of unbranched alkanes of at least 4 members (excludes halogenated alkanes) is 2. The first kappa shape index (κ1) is 10.2. The van der Waals surface area contributed by atoms with Gasteiger partial charge in [0.2, 0.25) is 0 Å². The Hall–Kier alpha value is -0.850. The van der Waals surface area contributed by atoms with E-state index in [2.05, 4.69) is 24.1 Å². The van der Waals surface area contributed by atoms with Crippen LogP contribution in [0, 0.1) is 0 Å². The lowest BCUT2D eigenvalue weighted by Gasteiger charge is -1.84. The molecule has 0 N–H and O–H groups in total. The van der Waals surface area contributed by atoms with Crippen LogP contribution in [0.1, 0.15) is 26.2 Å². The number of hydrogen-bond acceptors (Lipinski definition) is 1. The van der Waals surface area contributed by atoms with E-state index in [4.69, 9.17) is 0 Å². The number of rotatable bonds is 5. The van der Waals surface area contributed by atoms with Gasteiger partial charge < -0.3 is 0 Å². The minimum Gasteiger partial charge on any atom is -0.297 e. The van der Waals surface area contributed by atoms with Gasteiger partial charge in [0.15, 0.2) is 0 Å². The lowest BCUT2D eigenvalue weighted by atomic mass is 10.2. The van der Waals surface area contributed by atoms with Gasteiger partial charge in [-0.3, -0.25) is 4.99 Å². The van der Waals surface area contributed by atoms with Crippen molar-refractivity contribution in [2.45, 2.75) is 26.2 Å². The highest BCUT2D eigenvalue weighted by atomic mass is 14.6. The molecule has 0 heterocycles. The molecule has 0 saturated carbocycles. The van der Waals surface area contributed by atoms with Crippen molar-refractivity contribution in [3.8, 4) is 0 Å². The summed E-state index contributed by atoms with van der Waals surface area (Å²) in [5.74, 6) is 0. The molecule has 0 atom stereocenters. The van der Waals surface area contributed by atoms with E-state index in [1.807, 2.05) is 12.2 Å². The van der Waals surface area contributed by atoms with Crippen LogP contribution in [-0.4, -0.2) is 13.3 Å². The third-order valence-corrected chi connectivity index (χ3v) is 1.32. The topological polar surface area (TPSA) is 12.4 Å². The number of nitrogens with zero attached hydrogens (tertiary/aromatic N) is 1. The van der Waals surface area contributed by atoms with Crippen LogP contribution in [0.15, 0.2) is 29.3 Å². The molecular weight excluding hydrogens is 134 g/mol. The molecule has 0 aromatic heterocycles. The zero-order valence-electron chi connectivity index (χ0n) is 7.46. The predicted octanol–water partition coefficient (Wildman–Crippen LogP) is 2.99. The summed E-state index contributed by atoms with van der Waals surface area (Å²) in [7, 11) is 1.77. The summed E-state index contributed by atoms with van der Waals surface area (Å²) in [5, 5.41) is 0. The van der Waals surface area contributed by atoms with Gasteiger partial charge in [-0.15, -0.1) is 0 Å². The molecule has 0 aromatic rings. The summed E-state index contributed by atoms with van der Waals surface area (Å²) in [6.45, 7) is 2.20. The summed E-state index contributed by atoms with van der Waals surface area (Å²) in [6.07, 6.45) is 13.7. The van der Waals surface area contributed by atoms with E-state index in [0.29, 0.717) is 0 Å². The van der Waals surface area contributed by atoms with Crippen molar-refractivity contribution in [3.05, 3.63) is 24.3 Å². The van der Waals surface area contributed by atoms with Gasteiger partial charge in [0.25, 0.3) is 0 Å². The highest BCUT2D eigenvalue weighted by molar-refractivity contribution is 5.71. The van der Waals surface area contributed by atoms with Gasteiger partial charge in [0, 0.05) is 13.3 Å². The van der Waals surface area contributed by atoms with Gasteiger partial charge in [-0.2, -0.15) is 0 Å². The summed E-state index contributed by atoms with van der Waals surface area (Å²) in [6, 6.07) is 0. The largest absolute Gasteiger partial charge is 0.297 e. The Bertz CT molecular complexity index is 143. The van der Waals surface area contributed by atoms with Gasteiger partial charge in [-0.05, 0) is 12.5 Å². The zero-order chi connectivity index (χ0) is 8.36. The fourth-order valence-electron chi connectivity index (χ4n) is 0.697. The van der Waals surface area contributed by atoms with Crippen molar-refractivity contribution < 1.29 is 0 Å². The molecule has 0 unspecified atom stereocenters. The van der Waals surface area contributed by atoms with Crippen molar-refractivity contribution in [2.75, 3.05) is 7.05 Å². The second kappa shape index (κ2) is 9.15. The molecule has 0 fully saturated rings. The number of aliphatic imine (C=N–C) groups is 1. The van der Waals surface area contributed by atoms with Crippen molar-refractivity contribution in [1.82, 2.24) is 0 Å². The van der Waals surface area contributed by atoms with E-state index in [0.717, 1.165) is 0 Å². The molecule has 0 aliphatic carbocycles. The molecule has 0 aliphatic heterocycles. The maximum atomic E-state index is 3.82. The zero-order valence-corrected chi connectivity index (χ0v) is 7.46. The van der Waals surface area contributed by atoms with E-state index in [1.165, 1.54) is 19.3 Å². The molecule has 1 heteroatoms. The first-order valence-electron chi connectivity index (χ1n) is 4.15. The molecule has 0 saturated heterocycles. The highest BCUT2D eigenvalue weighted by Crippen LogP contribution is 1.94. The van der Waals surface area contributed by atoms with Crippen LogP contribution in [0.25, 0.3) is 0 Å². The molecular formula is C10H17N. The first-order chi connectivity index (χ1) is 5.41. The van der Waals surface area contributed by atoms with E-state index in [-0.39, 0.29) is 0 Å². The van der Waals surface area contributed by atoms with Crippen LogP contribution in [-0.2, 0) is 0 Å². The second-order valence-electron chi connectivity index (χ2n) is 2.36. The molecule has 0 spiro atoms. The standard InChI is InChI=1S/C10H17N/c1-3-4-5-6-7-8-9-10-11-2/h6-10H,3-5H2,1-2H3. The van der Waals surface area contributed by atoms with Crippen LogP contribution >= 0.6 is 0 Å². The Kier molecular flexibility index (Phi) is 8.44. The van der Waals surface area contributed by atoms with Gasteiger partial charge in [-0.1, -0.05) is 38.0 Å². The smallest absolute Gasteiger partial charge is 0.0277 e. The van der Waals surface area contributed by atoms with Gasteiger partial charge >= 0.3 is 0 Å². The molecule has 0 aliphatic rings. The number of allylic oxidation sites excluding steroid dienone is 4. The fraction of sp³-hybridized carbons (Fsp3) is 0.500. The van der Waals surface area contributed by atoms with E-state index in [1.54, 1.807) is 13.3 Å². The van der Waals surface area contributed by atoms with Gasteiger partial charge in [0.1, 0.15) is 0 Å². The summed E-state index contributed by atoms with van der Waals surface area (Å²) >= 11 is 0. The van der Waals surface area contributed by atoms with Crippen molar-refractivity contribution in [2.24, 2.45) is 4.99 Å². The highest BCUT2D eigenvalue weighted by Gasteiger charge is 1.74. The van der Waals surface area contributed by atoms with Crippen LogP contribution in [0.2, 0.25) is 0 Å². The number of hydrogen-bond donors (Lipinski definition) is 0. The van der Waals surface area contributed by atoms with Crippen LogP contribution in [0.5, 0.6) is 0 Å². The summed E-state index contributed by atoms with van der Waals surface area (Å²) in [5.41, 5.74) is 0. The monoisotopic (exact) mass is 151 g/mol. The Morgan fingerprint density at radius 2 is 2.00 bits per heavy atom. The van der Waals surface area contributed by atoms with Crippen molar-refractivity contribution >= 4 is 6.21 Å². The normalized spacial score (nSPS) is 12.5. The molecule has 0 radical (unpaired) electrons. The van der Waals surface area contributed by atoms with E-state index in [9.17, 15) is 0 Å². The molecule has 1 nitrogen and oxygen atoms in total. The minimum absolute atomic E-state index is 1.18. The van der Waals surface area contributed by atoms with E-state index >= 15 is 0 Å². The van der Waals surface area contributed by atoms with Gasteiger partial charge in [-0.25, -0.2) is 0 Å². The lowest BCUT2D eigenvalue weighted by molar-refractivity contribution is 0.815. The maximum Gasteiger partial charge on any atom is 0.0277 e. The van der Waals surface area contributed by atoms with E-state index < -0.39 is 0 Å². The van der Waals surface area contributed by atoms with Crippen molar-refractivity contribution in [3.63, 3.8) is 0 Å². The Labute approximate surface area is 69.5 Å².